The number of rotatable bonds is 10. The van der Waals surface area contributed by atoms with Gasteiger partial charge in [-0.15, -0.1) is 0 Å². The molecule has 4 aliphatic carbocycles. The Balaban J connectivity index is 1.08. The molecule has 10 nitrogen and oxygen atoms in total. The number of aliphatic hydroxyl groups excluding tert-OH is 1. The number of piperidine rings is 1. The Kier molecular flexibility index (Phi) is 10.4. The quantitative estimate of drug-likeness (QED) is 0.224. The summed E-state index contributed by atoms with van der Waals surface area (Å²) in [5.74, 6) is 2.33. The van der Waals surface area contributed by atoms with E-state index in [4.69, 9.17) is 23.9 Å². The van der Waals surface area contributed by atoms with Gasteiger partial charge in [0.05, 0.1) is 18.6 Å². The molecule has 5 aliphatic rings. The number of anilines is 1. The van der Waals surface area contributed by atoms with Gasteiger partial charge in [0.1, 0.15) is 30.1 Å². The Bertz CT molecular complexity index is 1710. The van der Waals surface area contributed by atoms with Crippen LogP contribution in [0.1, 0.15) is 114 Å². The second-order valence-electron chi connectivity index (χ2n) is 16.8. The zero-order valence-electron chi connectivity index (χ0n) is 31.5. The van der Waals surface area contributed by atoms with E-state index >= 15 is 0 Å². The van der Waals surface area contributed by atoms with Crippen molar-refractivity contribution in [3.05, 3.63) is 59.8 Å². The van der Waals surface area contributed by atoms with Crippen molar-refractivity contribution in [3.63, 3.8) is 0 Å². The van der Waals surface area contributed by atoms with Gasteiger partial charge >= 0.3 is 6.09 Å². The van der Waals surface area contributed by atoms with Gasteiger partial charge in [0.25, 0.3) is 0 Å². The number of hydrogen-bond acceptors (Lipinski definition) is 8. The van der Waals surface area contributed by atoms with Crippen molar-refractivity contribution >= 4 is 17.8 Å². The minimum atomic E-state index is -0.664. The number of benzene rings is 1. The van der Waals surface area contributed by atoms with Crippen LogP contribution in [0.25, 0.3) is 11.3 Å². The number of fused-ring (bicyclic) bond motifs is 3. The van der Waals surface area contributed by atoms with E-state index in [9.17, 15) is 14.7 Å². The number of carbonyl (C=O) groups is 2. The number of hydrogen-bond donors (Lipinski definition) is 1. The zero-order valence-corrected chi connectivity index (χ0v) is 31.5. The third-order valence-corrected chi connectivity index (χ3v) is 12.8. The van der Waals surface area contributed by atoms with Crippen molar-refractivity contribution in [2.75, 3.05) is 38.3 Å². The monoisotopic (exact) mass is 712 g/mol. The number of methoxy groups -OCH3 is 1. The topological polar surface area (TPSA) is 118 Å². The molecule has 0 spiro atoms. The van der Waals surface area contributed by atoms with Gasteiger partial charge in [0, 0.05) is 37.3 Å². The van der Waals surface area contributed by atoms with Crippen molar-refractivity contribution in [1.82, 2.24) is 14.9 Å². The molecule has 0 atom stereocenters. The summed E-state index contributed by atoms with van der Waals surface area (Å²) in [6.45, 7) is 7.78. The van der Waals surface area contributed by atoms with E-state index in [1.165, 1.54) is 17.5 Å². The summed E-state index contributed by atoms with van der Waals surface area (Å²) in [6, 6.07) is 10.6. The Hall–Kier alpha value is -3.92. The first kappa shape index (κ1) is 36.4. The van der Waals surface area contributed by atoms with Crippen LogP contribution in [0.4, 0.5) is 10.6 Å². The lowest BCUT2D eigenvalue weighted by Crippen LogP contribution is -2.51. The molecule has 3 heterocycles. The molecule has 3 aromatic rings. The lowest BCUT2D eigenvalue weighted by atomic mass is 9.51. The maximum absolute atomic E-state index is 14.4. The smallest absolute Gasteiger partial charge is 0.409 e. The highest BCUT2D eigenvalue weighted by molar-refractivity contribution is 5.94. The van der Waals surface area contributed by atoms with Crippen molar-refractivity contribution in [2.45, 2.75) is 121 Å². The van der Waals surface area contributed by atoms with Gasteiger partial charge < -0.3 is 23.9 Å². The Morgan fingerprint density at radius 2 is 1.71 bits per heavy atom. The van der Waals surface area contributed by atoms with E-state index in [-0.39, 0.29) is 41.5 Å². The summed E-state index contributed by atoms with van der Waals surface area (Å²) in [4.78, 5) is 40.5. The van der Waals surface area contributed by atoms with E-state index in [2.05, 4.69) is 25.1 Å². The number of likely N-dealkylation sites (tertiary alicyclic amines) is 1. The van der Waals surface area contributed by atoms with Crippen LogP contribution in [0.15, 0.2) is 47.2 Å². The second kappa shape index (κ2) is 14.8. The van der Waals surface area contributed by atoms with Gasteiger partial charge in [0.15, 0.2) is 0 Å². The number of aliphatic hydroxyl groups is 1. The van der Waals surface area contributed by atoms with Gasteiger partial charge in [-0.25, -0.2) is 14.8 Å². The molecule has 2 aromatic heterocycles. The number of carbonyl (C=O) groups excluding carboxylic acids is 2. The standard InChI is InChI=1S/C42H56N4O6/c1-29-24-32(10-11-35(29)50-4)42-18-15-41(16-19-42,17-20-42)27-46(37(48)30-8-6-5-7-9-30)36-25-31(12-21-43-36)34-26-51-38(44-34)40(2,3)28-52-39(49)45-22-13-33(47)14-23-45/h10-12,21,24-26,30,33,47H,5-9,13-20,22-23,27-28H2,1-4H3. The first-order valence-corrected chi connectivity index (χ1v) is 19.5. The van der Waals surface area contributed by atoms with Crippen molar-refractivity contribution < 1.29 is 28.6 Å². The van der Waals surface area contributed by atoms with E-state index in [1.807, 2.05) is 30.9 Å². The summed E-state index contributed by atoms with van der Waals surface area (Å²) >= 11 is 0. The Labute approximate surface area is 308 Å². The molecule has 0 unspecified atom stereocenters. The molecule has 1 aliphatic heterocycles. The minimum Gasteiger partial charge on any atom is -0.496 e. The molecule has 4 saturated carbocycles. The molecule has 1 aromatic carbocycles. The third kappa shape index (κ3) is 7.45. The summed E-state index contributed by atoms with van der Waals surface area (Å²) in [7, 11) is 1.73. The third-order valence-electron chi connectivity index (χ3n) is 12.8. The van der Waals surface area contributed by atoms with Crippen LogP contribution in [-0.4, -0.2) is 71.4 Å². The van der Waals surface area contributed by atoms with Crippen LogP contribution in [0.2, 0.25) is 0 Å². The molecule has 2 bridgehead atoms. The Morgan fingerprint density at radius 1 is 1.00 bits per heavy atom. The molecule has 8 rings (SSSR count). The van der Waals surface area contributed by atoms with Crippen LogP contribution < -0.4 is 9.64 Å². The summed E-state index contributed by atoms with van der Waals surface area (Å²) in [5, 5.41) is 9.78. The number of aryl methyl sites for hydroxylation is 1. The molecule has 1 saturated heterocycles. The first-order valence-electron chi connectivity index (χ1n) is 19.5. The summed E-state index contributed by atoms with van der Waals surface area (Å²) in [6.07, 6.45) is 15.7. The predicted octanol–water partition coefficient (Wildman–Crippen LogP) is 8.13. The lowest BCUT2D eigenvalue weighted by Gasteiger charge is -2.55. The van der Waals surface area contributed by atoms with E-state index in [0.29, 0.717) is 49.9 Å². The van der Waals surface area contributed by atoms with Gasteiger partial charge in [-0.1, -0.05) is 31.4 Å². The van der Waals surface area contributed by atoms with Gasteiger partial charge in [-0.3, -0.25) is 9.69 Å². The molecular weight excluding hydrogens is 656 g/mol. The number of amides is 2. The van der Waals surface area contributed by atoms with Crippen LogP contribution in [-0.2, 0) is 20.4 Å². The fourth-order valence-electron chi connectivity index (χ4n) is 9.21. The van der Waals surface area contributed by atoms with Gasteiger partial charge in [-0.2, -0.15) is 0 Å². The Morgan fingerprint density at radius 3 is 2.38 bits per heavy atom. The van der Waals surface area contributed by atoms with Crippen LogP contribution >= 0.6 is 0 Å². The number of aromatic nitrogens is 2. The average molecular weight is 713 g/mol. The van der Waals surface area contributed by atoms with Crippen LogP contribution in [0, 0.1) is 18.3 Å². The SMILES string of the molecule is COc1ccc(C23CCC(CN(C(=O)C4CCCCC4)c4cc(-c5coc(C(C)(C)COC(=O)N6CCC(O)CC6)n5)ccn4)(CC2)CC3)cc1C. The summed E-state index contributed by atoms with van der Waals surface area (Å²) in [5.41, 5.74) is 3.71. The molecule has 52 heavy (non-hydrogen) atoms. The molecule has 10 heteroatoms. The average Bonchev–Trinajstić information content (AvgIpc) is 3.69. The second-order valence-corrected chi connectivity index (χ2v) is 16.8. The fraction of sp³-hybridized carbons (Fsp3) is 0.619. The van der Waals surface area contributed by atoms with E-state index < -0.39 is 5.41 Å². The van der Waals surface area contributed by atoms with Gasteiger partial charge in [0.2, 0.25) is 11.8 Å². The lowest BCUT2D eigenvalue weighted by molar-refractivity contribution is -0.124. The highest BCUT2D eigenvalue weighted by Gasteiger charge is 2.51. The van der Waals surface area contributed by atoms with E-state index in [0.717, 1.165) is 75.5 Å². The zero-order chi connectivity index (χ0) is 36.5. The number of ether oxygens (including phenoxy) is 2. The van der Waals surface area contributed by atoms with Gasteiger partial charge in [-0.05, 0) is 125 Å². The highest BCUT2D eigenvalue weighted by atomic mass is 16.6. The maximum Gasteiger partial charge on any atom is 0.409 e. The van der Waals surface area contributed by atoms with Crippen molar-refractivity contribution in [1.29, 1.82) is 0 Å². The first-order chi connectivity index (χ1) is 25.0. The number of pyridine rings is 1. The maximum atomic E-state index is 14.4. The largest absolute Gasteiger partial charge is 0.496 e. The summed E-state index contributed by atoms with van der Waals surface area (Å²) < 4.78 is 17.2. The predicted molar refractivity (Wildman–Crippen MR) is 199 cm³/mol. The van der Waals surface area contributed by atoms with E-state index in [1.54, 1.807) is 24.5 Å². The van der Waals surface area contributed by atoms with Crippen LogP contribution in [0.5, 0.6) is 5.75 Å². The molecule has 1 N–H and O–H groups in total. The molecule has 2 amide bonds. The minimum absolute atomic E-state index is 0.0290. The number of oxazole rings is 1. The molecule has 280 valence electrons. The molecule has 5 fully saturated rings. The normalized spacial score (nSPS) is 24.1. The number of nitrogens with zero attached hydrogens (tertiary/aromatic N) is 4. The fourth-order valence-corrected chi connectivity index (χ4v) is 9.21. The molecule has 0 radical (unpaired) electrons. The van der Waals surface area contributed by atoms with Crippen LogP contribution in [0.3, 0.4) is 0 Å². The molecular formula is C42H56N4O6. The van der Waals surface area contributed by atoms with Crippen molar-refractivity contribution in [2.24, 2.45) is 11.3 Å². The van der Waals surface area contributed by atoms with Crippen molar-refractivity contribution in [3.8, 4) is 17.0 Å². The highest BCUT2D eigenvalue weighted by Crippen LogP contribution is 2.58.